The lowest BCUT2D eigenvalue weighted by atomic mass is 10.2. The number of sulfonamides is 1. The van der Waals surface area contributed by atoms with Crippen LogP contribution < -0.4 is 14.2 Å². The minimum atomic E-state index is -5.10. The molecule has 0 unspecified atom stereocenters. The largest absolute Gasteiger partial charge is 0.573 e. The van der Waals surface area contributed by atoms with Crippen LogP contribution in [-0.2, 0) is 14.8 Å². The number of alkyl halides is 3. The van der Waals surface area contributed by atoms with Gasteiger partial charge in [0.15, 0.2) is 11.5 Å². The molecule has 0 radical (unpaired) electrons. The number of halogens is 3. The molecule has 0 amide bonds. The normalized spacial score (nSPS) is 11.6. The van der Waals surface area contributed by atoms with E-state index in [1.54, 1.807) is 0 Å². The topological polar surface area (TPSA) is 111 Å². The first-order valence-corrected chi connectivity index (χ1v) is 9.42. The highest BCUT2D eigenvalue weighted by molar-refractivity contribution is 7.92. The van der Waals surface area contributed by atoms with Crippen LogP contribution in [0.5, 0.6) is 17.2 Å². The first-order valence-electron chi connectivity index (χ1n) is 7.93. The molecule has 0 aliphatic carbocycles. The Kier molecular flexibility index (Phi) is 6.47. The fourth-order valence-electron chi connectivity index (χ4n) is 2.23. The van der Waals surface area contributed by atoms with Gasteiger partial charge in [-0.15, -0.1) is 13.2 Å². The van der Waals surface area contributed by atoms with Crippen molar-refractivity contribution in [1.29, 1.82) is 0 Å². The second-order valence-corrected chi connectivity index (χ2v) is 7.10. The number of carbonyl (C=O) groups excluding carboxylic acids is 1. The SMILES string of the molecule is CCOC(=O)c1cc(S(=O)(=O)Nc2ccc(OC)c(O)c2)ccc1OC(F)(F)F. The number of rotatable bonds is 7. The Hall–Kier alpha value is -3.15. The summed E-state index contributed by atoms with van der Waals surface area (Å²) < 4.78 is 78.2. The highest BCUT2D eigenvalue weighted by Crippen LogP contribution is 2.32. The van der Waals surface area contributed by atoms with E-state index >= 15 is 0 Å². The molecule has 0 bridgehead atoms. The molecule has 0 saturated carbocycles. The zero-order valence-electron chi connectivity index (χ0n) is 15.1. The molecule has 8 nitrogen and oxygen atoms in total. The van der Waals surface area contributed by atoms with E-state index in [2.05, 4.69) is 14.2 Å². The second-order valence-electron chi connectivity index (χ2n) is 5.42. The third-order valence-electron chi connectivity index (χ3n) is 3.41. The lowest BCUT2D eigenvalue weighted by Crippen LogP contribution is -2.20. The predicted molar refractivity (Wildman–Crippen MR) is 94.5 cm³/mol. The molecule has 2 rings (SSSR count). The number of nitrogens with one attached hydrogen (secondary N) is 1. The van der Waals surface area contributed by atoms with Gasteiger partial charge in [0.25, 0.3) is 10.0 Å². The number of phenols is 1. The zero-order valence-corrected chi connectivity index (χ0v) is 15.9. The summed E-state index contributed by atoms with van der Waals surface area (Å²) in [5.74, 6) is -2.33. The monoisotopic (exact) mass is 435 g/mol. The molecule has 12 heteroatoms. The molecule has 2 aromatic rings. The predicted octanol–water partition coefficient (Wildman–Crippen LogP) is 3.28. The average Bonchev–Trinajstić information content (AvgIpc) is 2.60. The van der Waals surface area contributed by atoms with E-state index < -0.39 is 38.6 Å². The van der Waals surface area contributed by atoms with Gasteiger partial charge in [-0.3, -0.25) is 4.72 Å². The molecule has 0 fully saturated rings. The van der Waals surface area contributed by atoms with Gasteiger partial charge in [-0.05, 0) is 37.3 Å². The number of phenolic OH excluding ortho intramolecular Hbond substituents is 1. The van der Waals surface area contributed by atoms with Crippen molar-refractivity contribution < 1.29 is 45.7 Å². The van der Waals surface area contributed by atoms with Crippen molar-refractivity contribution >= 4 is 21.7 Å². The standard InChI is InChI=1S/C17H16F3NO7S/c1-3-27-16(23)12-9-11(5-7-14(12)28-17(18,19)20)29(24,25)21-10-4-6-15(26-2)13(22)8-10/h4-9,21-22H,3H2,1-2H3. The average molecular weight is 435 g/mol. The summed E-state index contributed by atoms with van der Waals surface area (Å²) in [6, 6.07) is 5.89. The summed E-state index contributed by atoms with van der Waals surface area (Å²) >= 11 is 0. The van der Waals surface area contributed by atoms with Crippen LogP contribution in [-0.4, -0.2) is 39.6 Å². The Balaban J connectivity index is 2.42. The lowest BCUT2D eigenvalue weighted by Gasteiger charge is -2.15. The maximum absolute atomic E-state index is 12.6. The molecular formula is C17H16F3NO7S. The van der Waals surface area contributed by atoms with Crippen LogP contribution in [0, 0.1) is 0 Å². The van der Waals surface area contributed by atoms with E-state index in [1.807, 2.05) is 0 Å². The summed E-state index contributed by atoms with van der Waals surface area (Å²) in [6.07, 6.45) is -5.10. The third kappa shape index (κ3) is 5.67. The lowest BCUT2D eigenvalue weighted by molar-refractivity contribution is -0.274. The Morgan fingerprint density at radius 1 is 1.14 bits per heavy atom. The number of esters is 1. The van der Waals surface area contributed by atoms with Crippen molar-refractivity contribution in [2.24, 2.45) is 0 Å². The van der Waals surface area contributed by atoms with Gasteiger partial charge in [-0.1, -0.05) is 0 Å². The molecule has 0 atom stereocenters. The maximum Gasteiger partial charge on any atom is 0.573 e. The number of hydrogen-bond acceptors (Lipinski definition) is 7. The van der Waals surface area contributed by atoms with Crippen molar-refractivity contribution in [3.63, 3.8) is 0 Å². The zero-order chi connectivity index (χ0) is 21.8. The molecule has 0 spiro atoms. The van der Waals surface area contributed by atoms with Gasteiger partial charge in [0, 0.05) is 6.07 Å². The van der Waals surface area contributed by atoms with Crippen LogP contribution in [0.15, 0.2) is 41.3 Å². The van der Waals surface area contributed by atoms with Crippen molar-refractivity contribution in [1.82, 2.24) is 0 Å². The fraction of sp³-hybridized carbons (Fsp3) is 0.235. The number of anilines is 1. The van der Waals surface area contributed by atoms with Crippen LogP contribution in [0.4, 0.5) is 18.9 Å². The van der Waals surface area contributed by atoms with Gasteiger partial charge in [0.05, 0.1) is 24.3 Å². The van der Waals surface area contributed by atoms with E-state index in [9.17, 15) is 31.5 Å². The van der Waals surface area contributed by atoms with E-state index in [1.165, 1.54) is 26.2 Å². The molecule has 2 N–H and O–H groups in total. The maximum atomic E-state index is 12.6. The number of aromatic hydroxyl groups is 1. The highest BCUT2D eigenvalue weighted by atomic mass is 32.2. The number of ether oxygens (including phenoxy) is 3. The van der Waals surface area contributed by atoms with Gasteiger partial charge >= 0.3 is 12.3 Å². The third-order valence-corrected chi connectivity index (χ3v) is 4.79. The minimum Gasteiger partial charge on any atom is -0.504 e. The van der Waals surface area contributed by atoms with E-state index in [4.69, 9.17) is 4.74 Å². The highest BCUT2D eigenvalue weighted by Gasteiger charge is 2.34. The summed E-state index contributed by atoms with van der Waals surface area (Å²) in [7, 11) is -3.02. The molecule has 158 valence electrons. The van der Waals surface area contributed by atoms with Crippen molar-refractivity contribution in [3.05, 3.63) is 42.0 Å². The van der Waals surface area contributed by atoms with E-state index in [0.29, 0.717) is 12.1 Å². The summed E-state index contributed by atoms with van der Waals surface area (Å²) in [6.45, 7) is 1.28. The summed E-state index contributed by atoms with van der Waals surface area (Å²) in [5, 5.41) is 9.74. The van der Waals surface area contributed by atoms with Gasteiger partial charge in [-0.2, -0.15) is 0 Å². The molecule has 0 heterocycles. The van der Waals surface area contributed by atoms with Crippen LogP contribution in [0.1, 0.15) is 17.3 Å². The molecule has 0 aliphatic rings. The molecule has 0 aliphatic heterocycles. The van der Waals surface area contributed by atoms with Gasteiger partial charge < -0.3 is 19.3 Å². The Morgan fingerprint density at radius 2 is 1.79 bits per heavy atom. The molecule has 0 aromatic heterocycles. The van der Waals surface area contributed by atoms with Gasteiger partial charge in [0.1, 0.15) is 11.3 Å². The molecule has 0 saturated heterocycles. The number of hydrogen-bond donors (Lipinski definition) is 2. The Bertz CT molecular complexity index is 1010. The van der Waals surface area contributed by atoms with Crippen LogP contribution in [0.25, 0.3) is 0 Å². The first-order chi connectivity index (χ1) is 13.5. The summed E-state index contributed by atoms with van der Waals surface area (Å²) in [4.78, 5) is 11.4. The van der Waals surface area contributed by atoms with Crippen molar-refractivity contribution in [3.8, 4) is 17.2 Å². The number of benzene rings is 2. The van der Waals surface area contributed by atoms with Crippen LogP contribution in [0.3, 0.4) is 0 Å². The smallest absolute Gasteiger partial charge is 0.504 e. The van der Waals surface area contributed by atoms with E-state index in [-0.39, 0.29) is 23.8 Å². The first kappa shape index (κ1) is 22.1. The summed E-state index contributed by atoms with van der Waals surface area (Å²) in [5.41, 5.74) is -0.763. The molecule has 29 heavy (non-hydrogen) atoms. The minimum absolute atomic E-state index is 0.0448. The quantitative estimate of drug-likeness (QED) is 0.642. The van der Waals surface area contributed by atoms with Gasteiger partial charge in [-0.25, -0.2) is 13.2 Å². The Labute approximate surface area is 163 Å². The number of carbonyl (C=O) groups is 1. The van der Waals surface area contributed by atoms with Crippen molar-refractivity contribution in [2.45, 2.75) is 18.2 Å². The molecule has 2 aromatic carbocycles. The Morgan fingerprint density at radius 3 is 2.34 bits per heavy atom. The van der Waals surface area contributed by atoms with Crippen molar-refractivity contribution in [2.75, 3.05) is 18.4 Å². The van der Waals surface area contributed by atoms with Crippen LogP contribution >= 0.6 is 0 Å². The van der Waals surface area contributed by atoms with Gasteiger partial charge in [0.2, 0.25) is 0 Å². The van der Waals surface area contributed by atoms with E-state index in [0.717, 1.165) is 12.1 Å². The second kappa shape index (κ2) is 8.47. The number of methoxy groups -OCH3 is 1. The van der Waals surface area contributed by atoms with Crippen LogP contribution in [0.2, 0.25) is 0 Å². The fourth-order valence-corrected chi connectivity index (χ4v) is 3.30. The molecular weight excluding hydrogens is 419 g/mol.